The summed E-state index contributed by atoms with van der Waals surface area (Å²) in [5.74, 6) is 0.643. The summed E-state index contributed by atoms with van der Waals surface area (Å²) in [6.45, 7) is 2.06. The van der Waals surface area contributed by atoms with E-state index in [0.717, 1.165) is 0 Å². The van der Waals surface area contributed by atoms with E-state index < -0.39 is 0 Å². The first-order valence-corrected chi connectivity index (χ1v) is 6.56. The topological polar surface area (TPSA) is 41.6 Å². The van der Waals surface area contributed by atoms with Crippen molar-refractivity contribution in [1.82, 2.24) is 9.78 Å². The highest BCUT2D eigenvalue weighted by Crippen LogP contribution is 2.42. The predicted molar refractivity (Wildman–Crippen MR) is 74.8 cm³/mol. The second kappa shape index (κ2) is 4.17. The standard InChI is InChI=1S/C14H16BN3/c1-9(6-7-16)18-13-5-4-11(15)8-12(13)14(17-18)10-2-3-10/h4-5,8-10H,2-3,6,15H2,1H3. The Morgan fingerprint density at radius 2 is 2.33 bits per heavy atom. The van der Waals surface area contributed by atoms with Crippen molar-refractivity contribution in [2.75, 3.05) is 0 Å². The third-order valence-electron chi connectivity index (χ3n) is 3.66. The van der Waals surface area contributed by atoms with Gasteiger partial charge in [-0.3, -0.25) is 4.68 Å². The van der Waals surface area contributed by atoms with Gasteiger partial charge in [0.1, 0.15) is 7.85 Å². The second-order valence-corrected chi connectivity index (χ2v) is 5.34. The van der Waals surface area contributed by atoms with Crippen LogP contribution in [0, 0.1) is 11.3 Å². The molecule has 90 valence electrons. The van der Waals surface area contributed by atoms with Gasteiger partial charge in [-0.25, -0.2) is 0 Å². The maximum absolute atomic E-state index is 8.85. The molecule has 1 unspecified atom stereocenters. The van der Waals surface area contributed by atoms with Gasteiger partial charge in [0.15, 0.2) is 0 Å². The summed E-state index contributed by atoms with van der Waals surface area (Å²) in [4.78, 5) is 0. The number of nitriles is 1. The van der Waals surface area contributed by atoms with Crippen molar-refractivity contribution < 1.29 is 0 Å². The van der Waals surface area contributed by atoms with Gasteiger partial charge in [0.2, 0.25) is 0 Å². The number of fused-ring (bicyclic) bond motifs is 1. The Labute approximate surface area is 108 Å². The van der Waals surface area contributed by atoms with Crippen molar-refractivity contribution in [3.8, 4) is 6.07 Å². The highest BCUT2D eigenvalue weighted by molar-refractivity contribution is 6.33. The Balaban J connectivity index is 2.17. The fourth-order valence-electron chi connectivity index (χ4n) is 2.49. The van der Waals surface area contributed by atoms with Crippen LogP contribution in [0.1, 0.15) is 43.8 Å². The summed E-state index contributed by atoms with van der Waals surface area (Å²) in [5, 5.41) is 14.9. The molecule has 0 aliphatic heterocycles. The Hall–Kier alpha value is -1.76. The fraction of sp³-hybridized carbons (Fsp3) is 0.429. The van der Waals surface area contributed by atoms with Gasteiger partial charge in [0.25, 0.3) is 0 Å². The zero-order chi connectivity index (χ0) is 12.7. The van der Waals surface area contributed by atoms with Gasteiger partial charge < -0.3 is 0 Å². The van der Waals surface area contributed by atoms with Crippen molar-refractivity contribution in [1.29, 1.82) is 5.26 Å². The Bertz CT molecular complexity index is 634. The van der Waals surface area contributed by atoms with Crippen molar-refractivity contribution in [2.45, 2.75) is 38.1 Å². The van der Waals surface area contributed by atoms with Crippen molar-refractivity contribution in [3.63, 3.8) is 0 Å². The Morgan fingerprint density at radius 3 is 3.00 bits per heavy atom. The monoisotopic (exact) mass is 237 g/mol. The summed E-state index contributed by atoms with van der Waals surface area (Å²) in [7, 11) is 2.12. The normalized spacial score (nSPS) is 16.7. The molecule has 0 amide bonds. The molecule has 1 aromatic heterocycles. The molecule has 1 fully saturated rings. The summed E-state index contributed by atoms with van der Waals surface area (Å²) >= 11 is 0. The molecule has 0 radical (unpaired) electrons. The van der Waals surface area contributed by atoms with Gasteiger partial charge in [0, 0.05) is 11.3 Å². The zero-order valence-electron chi connectivity index (χ0n) is 10.8. The van der Waals surface area contributed by atoms with Crippen LogP contribution >= 0.6 is 0 Å². The zero-order valence-corrected chi connectivity index (χ0v) is 10.8. The van der Waals surface area contributed by atoms with Gasteiger partial charge in [-0.2, -0.15) is 10.4 Å². The molecule has 2 aromatic rings. The van der Waals surface area contributed by atoms with Crippen molar-refractivity contribution in [2.24, 2.45) is 0 Å². The van der Waals surface area contributed by atoms with E-state index in [0.29, 0.717) is 12.3 Å². The molecule has 0 spiro atoms. The van der Waals surface area contributed by atoms with Crippen LogP contribution in [0.2, 0.25) is 0 Å². The number of rotatable bonds is 3. The molecule has 0 bridgehead atoms. The molecule has 0 saturated heterocycles. The van der Waals surface area contributed by atoms with Gasteiger partial charge in [-0.05, 0) is 25.8 Å². The van der Waals surface area contributed by atoms with Crippen LogP contribution in [0.4, 0.5) is 0 Å². The molecule has 1 aliphatic carbocycles. The largest absolute Gasteiger partial charge is 0.261 e. The molecule has 1 atom stereocenters. The van der Waals surface area contributed by atoms with Crippen LogP contribution in [0.5, 0.6) is 0 Å². The maximum atomic E-state index is 8.85. The average molecular weight is 237 g/mol. The smallest absolute Gasteiger partial charge is 0.139 e. The molecule has 4 heteroatoms. The lowest BCUT2D eigenvalue weighted by atomic mass is 9.94. The van der Waals surface area contributed by atoms with E-state index in [1.807, 2.05) is 4.68 Å². The molecule has 3 rings (SSSR count). The summed E-state index contributed by atoms with van der Waals surface area (Å²) in [6.07, 6.45) is 3.02. The van der Waals surface area contributed by atoms with E-state index >= 15 is 0 Å². The van der Waals surface area contributed by atoms with Crippen molar-refractivity contribution in [3.05, 3.63) is 23.9 Å². The van der Waals surface area contributed by atoms with E-state index in [4.69, 9.17) is 10.4 Å². The van der Waals surface area contributed by atoms with Crippen LogP contribution in [0.15, 0.2) is 18.2 Å². The fourth-order valence-corrected chi connectivity index (χ4v) is 2.49. The summed E-state index contributed by atoms with van der Waals surface area (Å²) in [6, 6.07) is 8.87. The molecule has 1 aromatic carbocycles. The Morgan fingerprint density at radius 1 is 1.56 bits per heavy atom. The van der Waals surface area contributed by atoms with Gasteiger partial charge in [0.05, 0.1) is 29.7 Å². The molecule has 1 aliphatic rings. The molecule has 0 N–H and O–H groups in total. The Kier molecular flexibility index (Phi) is 2.63. The maximum Gasteiger partial charge on any atom is 0.139 e. The quantitative estimate of drug-likeness (QED) is 0.761. The number of benzene rings is 1. The van der Waals surface area contributed by atoms with Crippen LogP contribution in [0.3, 0.4) is 0 Å². The van der Waals surface area contributed by atoms with Gasteiger partial charge in [-0.1, -0.05) is 17.6 Å². The summed E-state index contributed by atoms with van der Waals surface area (Å²) < 4.78 is 2.03. The molecular formula is C14H16BN3. The van der Waals surface area contributed by atoms with Crippen LogP contribution in [-0.4, -0.2) is 17.6 Å². The predicted octanol–water partition coefficient (Wildman–Crippen LogP) is 1.65. The summed E-state index contributed by atoms with van der Waals surface area (Å²) in [5.41, 5.74) is 3.68. The van der Waals surface area contributed by atoms with E-state index in [1.165, 1.54) is 34.9 Å². The molecule has 18 heavy (non-hydrogen) atoms. The first kappa shape index (κ1) is 11.3. The first-order valence-electron chi connectivity index (χ1n) is 6.56. The molecular weight excluding hydrogens is 221 g/mol. The number of hydrogen-bond donors (Lipinski definition) is 0. The average Bonchev–Trinajstić information content (AvgIpc) is 3.11. The minimum atomic E-state index is 0.146. The SMILES string of the molecule is Bc1ccc2c(c1)c(C1CC1)nn2C(C)CC#N. The lowest BCUT2D eigenvalue weighted by Gasteiger charge is -2.09. The lowest BCUT2D eigenvalue weighted by molar-refractivity contribution is 0.511. The third kappa shape index (κ3) is 1.80. The highest BCUT2D eigenvalue weighted by Gasteiger charge is 2.29. The molecule has 1 saturated carbocycles. The minimum Gasteiger partial charge on any atom is -0.261 e. The number of hydrogen-bond acceptors (Lipinski definition) is 2. The van der Waals surface area contributed by atoms with E-state index in [1.54, 1.807) is 0 Å². The number of nitrogens with zero attached hydrogens (tertiary/aromatic N) is 3. The second-order valence-electron chi connectivity index (χ2n) is 5.34. The van der Waals surface area contributed by atoms with E-state index in [-0.39, 0.29) is 6.04 Å². The van der Waals surface area contributed by atoms with Gasteiger partial charge >= 0.3 is 0 Å². The van der Waals surface area contributed by atoms with Crippen LogP contribution in [-0.2, 0) is 0 Å². The van der Waals surface area contributed by atoms with E-state index in [9.17, 15) is 0 Å². The van der Waals surface area contributed by atoms with Crippen LogP contribution in [0.25, 0.3) is 10.9 Å². The third-order valence-corrected chi connectivity index (χ3v) is 3.66. The first-order chi connectivity index (χ1) is 8.70. The van der Waals surface area contributed by atoms with Gasteiger partial charge in [-0.15, -0.1) is 0 Å². The molecule has 1 heterocycles. The molecule has 3 nitrogen and oxygen atoms in total. The highest BCUT2D eigenvalue weighted by atomic mass is 15.3. The van der Waals surface area contributed by atoms with E-state index in [2.05, 4.69) is 39.0 Å². The number of aromatic nitrogens is 2. The lowest BCUT2D eigenvalue weighted by Crippen LogP contribution is -2.07. The van der Waals surface area contributed by atoms with Crippen molar-refractivity contribution >= 4 is 24.2 Å². The van der Waals surface area contributed by atoms with Crippen LogP contribution < -0.4 is 5.46 Å². The minimum absolute atomic E-state index is 0.146.